The highest BCUT2D eigenvalue weighted by Crippen LogP contribution is 2.35. The summed E-state index contributed by atoms with van der Waals surface area (Å²) in [5.74, 6) is 1.64. The molecule has 5 rings (SSSR count). The lowest BCUT2D eigenvalue weighted by Gasteiger charge is -2.27. The predicted molar refractivity (Wildman–Crippen MR) is 121 cm³/mol. The van der Waals surface area contributed by atoms with Gasteiger partial charge in [0, 0.05) is 35.6 Å². The zero-order chi connectivity index (χ0) is 20.5. The number of fused-ring (bicyclic) bond motifs is 3. The standard InChI is InChI=1S/C26H28N2O2/c1-30-20-8-9-21-22-13-17(7-10-23(22)28-24(21)16-20)14-26(29)25-15-19(11-12-27-25)18-5-3-2-4-6-18/h2-6,8-9,11,16-17,25,27-28H,7,10,12-15H2,1H3. The molecule has 0 fully saturated rings. The van der Waals surface area contributed by atoms with Gasteiger partial charge in [-0.2, -0.15) is 0 Å². The van der Waals surface area contributed by atoms with Gasteiger partial charge in [0.2, 0.25) is 0 Å². The number of ether oxygens (including phenoxy) is 1. The first-order valence-corrected chi connectivity index (χ1v) is 10.9. The second kappa shape index (κ2) is 8.11. The van der Waals surface area contributed by atoms with Crippen LogP contribution < -0.4 is 10.1 Å². The summed E-state index contributed by atoms with van der Waals surface area (Å²) in [6.45, 7) is 0.764. The average Bonchev–Trinajstić information content (AvgIpc) is 3.16. The van der Waals surface area contributed by atoms with Crippen molar-refractivity contribution in [3.63, 3.8) is 0 Å². The molecule has 1 aliphatic carbocycles. The smallest absolute Gasteiger partial charge is 0.150 e. The Morgan fingerprint density at radius 3 is 2.83 bits per heavy atom. The second-order valence-corrected chi connectivity index (χ2v) is 8.53. The van der Waals surface area contributed by atoms with Crippen molar-refractivity contribution in [3.05, 3.63) is 71.4 Å². The van der Waals surface area contributed by atoms with Gasteiger partial charge < -0.3 is 15.0 Å². The zero-order valence-electron chi connectivity index (χ0n) is 17.4. The first-order chi connectivity index (χ1) is 14.7. The van der Waals surface area contributed by atoms with Gasteiger partial charge in [-0.05, 0) is 60.4 Å². The fourth-order valence-electron chi connectivity index (χ4n) is 5.02. The normalized spacial score (nSPS) is 21.2. The maximum absolute atomic E-state index is 13.1. The third-order valence-corrected chi connectivity index (χ3v) is 6.66. The molecule has 0 radical (unpaired) electrons. The number of carbonyl (C=O) groups is 1. The highest BCUT2D eigenvalue weighted by Gasteiger charge is 2.28. The van der Waals surface area contributed by atoms with Crippen LogP contribution in [-0.4, -0.2) is 30.5 Å². The van der Waals surface area contributed by atoms with Gasteiger partial charge in [0.15, 0.2) is 0 Å². The van der Waals surface area contributed by atoms with E-state index >= 15 is 0 Å². The maximum Gasteiger partial charge on any atom is 0.150 e. The number of rotatable bonds is 5. The summed E-state index contributed by atoms with van der Waals surface area (Å²) in [7, 11) is 1.70. The van der Waals surface area contributed by atoms with Crippen molar-refractivity contribution in [1.29, 1.82) is 0 Å². The highest BCUT2D eigenvalue weighted by atomic mass is 16.5. The largest absolute Gasteiger partial charge is 0.497 e. The number of H-pyrrole nitrogens is 1. The summed E-state index contributed by atoms with van der Waals surface area (Å²) in [5, 5.41) is 4.69. The lowest BCUT2D eigenvalue weighted by atomic mass is 9.81. The number of carbonyl (C=O) groups excluding carboxylic acids is 1. The van der Waals surface area contributed by atoms with Crippen LogP contribution in [0.15, 0.2) is 54.6 Å². The van der Waals surface area contributed by atoms with E-state index in [9.17, 15) is 4.79 Å². The van der Waals surface area contributed by atoms with E-state index in [1.54, 1.807) is 7.11 Å². The van der Waals surface area contributed by atoms with E-state index in [0.29, 0.717) is 18.1 Å². The third-order valence-electron chi connectivity index (χ3n) is 6.66. The van der Waals surface area contributed by atoms with E-state index in [1.165, 1.54) is 27.8 Å². The number of aromatic nitrogens is 1. The monoisotopic (exact) mass is 400 g/mol. The molecule has 1 aromatic heterocycles. The van der Waals surface area contributed by atoms with E-state index < -0.39 is 0 Å². The first kappa shape index (κ1) is 19.1. The lowest BCUT2D eigenvalue weighted by Crippen LogP contribution is -2.40. The van der Waals surface area contributed by atoms with Crippen molar-refractivity contribution < 1.29 is 9.53 Å². The number of hydrogen-bond donors (Lipinski definition) is 2. The Morgan fingerprint density at radius 2 is 2.00 bits per heavy atom. The molecule has 0 bridgehead atoms. The minimum absolute atomic E-state index is 0.0705. The molecule has 4 heteroatoms. The van der Waals surface area contributed by atoms with Crippen molar-refractivity contribution >= 4 is 22.3 Å². The molecule has 0 amide bonds. The predicted octanol–water partition coefficient (Wildman–Crippen LogP) is 4.69. The van der Waals surface area contributed by atoms with Gasteiger partial charge in [-0.15, -0.1) is 0 Å². The average molecular weight is 401 g/mol. The van der Waals surface area contributed by atoms with Crippen molar-refractivity contribution in [2.24, 2.45) is 5.92 Å². The van der Waals surface area contributed by atoms with Crippen LogP contribution in [0.1, 0.15) is 36.1 Å². The molecule has 2 aromatic carbocycles. The molecule has 2 N–H and O–H groups in total. The number of methoxy groups -OCH3 is 1. The van der Waals surface area contributed by atoms with Crippen LogP contribution in [0.25, 0.3) is 16.5 Å². The molecule has 154 valence electrons. The number of hydrogen-bond acceptors (Lipinski definition) is 3. The van der Waals surface area contributed by atoms with E-state index in [1.807, 2.05) is 12.1 Å². The van der Waals surface area contributed by atoms with Gasteiger partial charge in [-0.3, -0.25) is 4.79 Å². The molecule has 0 spiro atoms. The summed E-state index contributed by atoms with van der Waals surface area (Å²) >= 11 is 0. The summed E-state index contributed by atoms with van der Waals surface area (Å²) in [6, 6.07) is 16.6. The second-order valence-electron chi connectivity index (χ2n) is 8.53. The molecule has 0 saturated carbocycles. The van der Waals surface area contributed by atoms with E-state index in [0.717, 1.165) is 43.5 Å². The number of aryl methyl sites for hydroxylation is 1. The quantitative estimate of drug-likeness (QED) is 0.653. The van der Waals surface area contributed by atoms with E-state index in [-0.39, 0.29) is 6.04 Å². The number of benzene rings is 2. The first-order valence-electron chi connectivity index (χ1n) is 10.9. The van der Waals surface area contributed by atoms with Crippen molar-refractivity contribution in [3.8, 4) is 5.75 Å². The molecule has 2 atom stereocenters. The van der Waals surface area contributed by atoms with Gasteiger partial charge in [0.25, 0.3) is 0 Å². The Labute approximate surface area is 177 Å². The molecule has 4 nitrogen and oxygen atoms in total. The van der Waals surface area contributed by atoms with Crippen molar-refractivity contribution in [2.75, 3.05) is 13.7 Å². The Morgan fingerprint density at radius 1 is 1.13 bits per heavy atom. The summed E-state index contributed by atoms with van der Waals surface area (Å²) in [6.07, 6.45) is 6.71. The fourth-order valence-corrected chi connectivity index (χ4v) is 5.02. The van der Waals surface area contributed by atoms with Gasteiger partial charge in [0.05, 0.1) is 13.2 Å². The summed E-state index contributed by atoms with van der Waals surface area (Å²) in [4.78, 5) is 16.7. The highest BCUT2D eigenvalue weighted by molar-refractivity contribution is 5.88. The van der Waals surface area contributed by atoms with Crippen LogP contribution in [0, 0.1) is 5.92 Å². The molecule has 2 unspecified atom stereocenters. The molecule has 3 aromatic rings. The zero-order valence-corrected chi connectivity index (χ0v) is 17.4. The SMILES string of the molecule is COc1ccc2c3c([nH]c2c1)CCC(CC(=O)C1CC(c2ccccc2)=CCN1)C3. The number of nitrogens with one attached hydrogen (secondary N) is 2. The molecule has 30 heavy (non-hydrogen) atoms. The topological polar surface area (TPSA) is 54.1 Å². The Balaban J connectivity index is 1.27. The van der Waals surface area contributed by atoms with Crippen molar-refractivity contribution in [2.45, 2.75) is 38.1 Å². The fraction of sp³-hybridized carbons (Fsp3) is 0.346. The van der Waals surface area contributed by atoms with Crippen molar-refractivity contribution in [1.82, 2.24) is 10.3 Å². The number of Topliss-reactive ketones (excluding diaryl/α,β-unsaturated/α-hetero) is 1. The van der Waals surface area contributed by atoms with Gasteiger partial charge >= 0.3 is 0 Å². The van der Waals surface area contributed by atoms with Gasteiger partial charge in [-0.25, -0.2) is 0 Å². The maximum atomic E-state index is 13.1. The summed E-state index contributed by atoms with van der Waals surface area (Å²) < 4.78 is 5.36. The minimum atomic E-state index is -0.0705. The van der Waals surface area contributed by atoms with Crippen LogP contribution in [0.5, 0.6) is 5.75 Å². The van der Waals surface area contributed by atoms with Crippen LogP contribution >= 0.6 is 0 Å². The Bertz CT molecular complexity index is 1100. The number of aromatic amines is 1. The molecular formula is C26H28N2O2. The van der Waals surface area contributed by atoms with Crippen LogP contribution in [0.4, 0.5) is 0 Å². The summed E-state index contributed by atoms with van der Waals surface area (Å²) in [5.41, 5.74) is 6.36. The Kier molecular flexibility index (Phi) is 5.17. The minimum Gasteiger partial charge on any atom is -0.497 e. The van der Waals surface area contributed by atoms with Gasteiger partial charge in [0.1, 0.15) is 11.5 Å². The van der Waals surface area contributed by atoms with E-state index in [4.69, 9.17) is 4.74 Å². The van der Waals surface area contributed by atoms with Crippen LogP contribution in [0.2, 0.25) is 0 Å². The van der Waals surface area contributed by atoms with Crippen LogP contribution in [0.3, 0.4) is 0 Å². The third kappa shape index (κ3) is 3.68. The molecule has 0 saturated heterocycles. The molecular weight excluding hydrogens is 372 g/mol. The van der Waals surface area contributed by atoms with Gasteiger partial charge in [-0.1, -0.05) is 36.4 Å². The molecule has 1 aliphatic heterocycles. The lowest BCUT2D eigenvalue weighted by molar-refractivity contribution is -0.122. The molecule has 2 heterocycles. The number of ketones is 1. The van der Waals surface area contributed by atoms with E-state index in [2.05, 4.69) is 52.8 Å². The molecule has 2 aliphatic rings. The van der Waals surface area contributed by atoms with Crippen LogP contribution in [-0.2, 0) is 17.6 Å². The Hall–Kier alpha value is -2.85.